The number of halogens is 1. The predicted molar refractivity (Wildman–Crippen MR) is 44.2 cm³/mol. The number of nitrogen functional groups attached to an aromatic ring is 1. The van der Waals surface area contributed by atoms with E-state index in [0.29, 0.717) is 5.56 Å². The summed E-state index contributed by atoms with van der Waals surface area (Å²) in [6.07, 6.45) is 0. The molecule has 1 rings (SSSR count). The summed E-state index contributed by atoms with van der Waals surface area (Å²) in [5.41, 5.74) is 10.7. The highest BCUT2D eigenvalue weighted by atomic mass is 19.1. The molecule has 4 heteroatoms. The molecule has 0 saturated heterocycles. The van der Waals surface area contributed by atoms with Crippen LogP contribution in [0.4, 0.5) is 10.1 Å². The molecule has 1 aromatic carbocycles. The van der Waals surface area contributed by atoms with Crippen molar-refractivity contribution in [3.8, 4) is 0 Å². The summed E-state index contributed by atoms with van der Waals surface area (Å²) in [7, 11) is 0. The Bertz CT molecular complexity index is 312. The van der Waals surface area contributed by atoms with Crippen LogP contribution in [0.2, 0.25) is 0 Å². The van der Waals surface area contributed by atoms with Crippen LogP contribution in [0.5, 0.6) is 0 Å². The van der Waals surface area contributed by atoms with Gasteiger partial charge in [-0.2, -0.15) is 0 Å². The van der Waals surface area contributed by atoms with Crippen molar-refractivity contribution in [1.82, 2.24) is 0 Å². The number of carbonyl (C=O) groups excluding carboxylic acids is 1. The lowest BCUT2D eigenvalue weighted by molar-refractivity contribution is 0.100. The molecular formula is C8H9FN2O. The quantitative estimate of drug-likeness (QED) is 0.500. The summed E-state index contributed by atoms with van der Waals surface area (Å²) in [6.45, 7) is -0.0922. The second kappa shape index (κ2) is 3.32. The first-order valence-electron chi connectivity index (χ1n) is 3.43. The second-order valence-electron chi connectivity index (χ2n) is 2.36. The molecule has 0 aliphatic rings. The van der Waals surface area contributed by atoms with Gasteiger partial charge in [0, 0.05) is 5.56 Å². The number of anilines is 1. The van der Waals surface area contributed by atoms with Crippen LogP contribution in [0.15, 0.2) is 18.2 Å². The number of hydrogen-bond donors (Lipinski definition) is 2. The van der Waals surface area contributed by atoms with Gasteiger partial charge in [0.05, 0.1) is 12.2 Å². The normalized spacial score (nSPS) is 9.83. The Labute approximate surface area is 69.2 Å². The van der Waals surface area contributed by atoms with Crippen LogP contribution in [0.1, 0.15) is 10.4 Å². The Morgan fingerprint density at radius 3 is 2.67 bits per heavy atom. The fraction of sp³-hybridized carbons (Fsp3) is 0.125. The molecule has 0 aliphatic heterocycles. The van der Waals surface area contributed by atoms with Crippen LogP contribution in [0.3, 0.4) is 0 Å². The largest absolute Gasteiger partial charge is 0.396 e. The van der Waals surface area contributed by atoms with E-state index in [2.05, 4.69) is 0 Å². The zero-order valence-electron chi connectivity index (χ0n) is 6.38. The van der Waals surface area contributed by atoms with Gasteiger partial charge in [-0.05, 0) is 18.2 Å². The molecule has 0 bridgehead atoms. The van der Waals surface area contributed by atoms with Crippen molar-refractivity contribution >= 4 is 11.5 Å². The SMILES string of the molecule is NCC(=O)c1ccc(F)c(N)c1. The van der Waals surface area contributed by atoms with Crippen molar-refractivity contribution in [2.75, 3.05) is 12.3 Å². The smallest absolute Gasteiger partial charge is 0.176 e. The van der Waals surface area contributed by atoms with E-state index < -0.39 is 5.82 Å². The third kappa shape index (κ3) is 1.60. The first-order chi connectivity index (χ1) is 5.65. The number of hydrogen-bond acceptors (Lipinski definition) is 3. The zero-order chi connectivity index (χ0) is 9.14. The van der Waals surface area contributed by atoms with Crippen LogP contribution < -0.4 is 11.5 Å². The topological polar surface area (TPSA) is 69.1 Å². The number of nitrogens with two attached hydrogens (primary N) is 2. The van der Waals surface area contributed by atoms with Crippen LogP contribution in [0, 0.1) is 5.82 Å². The summed E-state index contributed by atoms with van der Waals surface area (Å²) in [6, 6.07) is 3.80. The number of rotatable bonds is 2. The van der Waals surface area contributed by atoms with E-state index in [1.165, 1.54) is 12.1 Å². The van der Waals surface area contributed by atoms with Gasteiger partial charge < -0.3 is 11.5 Å². The number of ketones is 1. The Morgan fingerprint density at radius 1 is 1.50 bits per heavy atom. The van der Waals surface area contributed by atoms with Gasteiger partial charge >= 0.3 is 0 Å². The fourth-order valence-corrected chi connectivity index (χ4v) is 0.835. The fourth-order valence-electron chi connectivity index (χ4n) is 0.835. The lowest BCUT2D eigenvalue weighted by atomic mass is 10.1. The van der Waals surface area contributed by atoms with Crippen molar-refractivity contribution in [1.29, 1.82) is 0 Å². The maximum Gasteiger partial charge on any atom is 0.176 e. The van der Waals surface area contributed by atoms with Gasteiger partial charge in [0.15, 0.2) is 5.78 Å². The van der Waals surface area contributed by atoms with Gasteiger partial charge in [-0.3, -0.25) is 4.79 Å². The minimum atomic E-state index is -0.524. The highest BCUT2D eigenvalue weighted by Gasteiger charge is 2.05. The van der Waals surface area contributed by atoms with Crippen molar-refractivity contribution in [3.05, 3.63) is 29.6 Å². The van der Waals surface area contributed by atoms with Gasteiger partial charge in [-0.25, -0.2) is 4.39 Å². The third-order valence-corrected chi connectivity index (χ3v) is 1.50. The van der Waals surface area contributed by atoms with Gasteiger partial charge in [-0.1, -0.05) is 0 Å². The first kappa shape index (κ1) is 8.67. The second-order valence-corrected chi connectivity index (χ2v) is 2.36. The highest BCUT2D eigenvalue weighted by Crippen LogP contribution is 2.12. The number of Topliss-reactive ketones (excluding diaryl/α,β-unsaturated/α-hetero) is 1. The first-order valence-corrected chi connectivity index (χ1v) is 3.43. The van der Waals surface area contributed by atoms with Crippen LogP contribution in [-0.2, 0) is 0 Å². The Hall–Kier alpha value is -1.42. The van der Waals surface area contributed by atoms with E-state index in [1.807, 2.05) is 0 Å². The van der Waals surface area contributed by atoms with E-state index in [1.54, 1.807) is 0 Å². The molecule has 1 aromatic rings. The minimum Gasteiger partial charge on any atom is -0.396 e. The van der Waals surface area contributed by atoms with Gasteiger partial charge in [-0.15, -0.1) is 0 Å². The predicted octanol–water partition coefficient (Wildman–Crippen LogP) is 0.549. The summed E-state index contributed by atoms with van der Waals surface area (Å²) in [5, 5.41) is 0. The van der Waals surface area contributed by atoms with Gasteiger partial charge in [0.1, 0.15) is 5.82 Å². The monoisotopic (exact) mass is 168 g/mol. The molecule has 3 nitrogen and oxygen atoms in total. The number of benzene rings is 1. The lowest BCUT2D eigenvalue weighted by Crippen LogP contribution is -2.13. The molecule has 0 aliphatic carbocycles. The molecule has 4 N–H and O–H groups in total. The minimum absolute atomic E-state index is 0.0331. The molecule has 0 atom stereocenters. The maximum atomic E-state index is 12.6. The number of carbonyl (C=O) groups is 1. The molecule has 0 spiro atoms. The molecule has 0 aromatic heterocycles. The summed E-state index contributed by atoms with van der Waals surface area (Å²) >= 11 is 0. The molecule has 0 unspecified atom stereocenters. The highest BCUT2D eigenvalue weighted by molar-refractivity contribution is 5.98. The summed E-state index contributed by atoms with van der Waals surface area (Å²) < 4.78 is 12.6. The van der Waals surface area contributed by atoms with Gasteiger partial charge in [0.2, 0.25) is 0 Å². The Morgan fingerprint density at radius 2 is 2.17 bits per heavy atom. The summed E-state index contributed by atoms with van der Waals surface area (Å²) in [4.78, 5) is 11.0. The molecule has 0 radical (unpaired) electrons. The lowest BCUT2D eigenvalue weighted by Gasteiger charge is -1.99. The van der Waals surface area contributed by atoms with E-state index in [9.17, 15) is 9.18 Å². The van der Waals surface area contributed by atoms with Crippen molar-refractivity contribution in [2.24, 2.45) is 5.73 Å². The van der Waals surface area contributed by atoms with Crippen molar-refractivity contribution < 1.29 is 9.18 Å². The van der Waals surface area contributed by atoms with Gasteiger partial charge in [0.25, 0.3) is 0 Å². The molecule has 0 heterocycles. The standard InChI is InChI=1S/C8H9FN2O/c9-6-2-1-5(3-7(6)11)8(12)4-10/h1-3H,4,10-11H2. The van der Waals surface area contributed by atoms with E-state index in [-0.39, 0.29) is 18.0 Å². The van der Waals surface area contributed by atoms with Crippen LogP contribution in [-0.4, -0.2) is 12.3 Å². The van der Waals surface area contributed by atoms with Crippen LogP contribution >= 0.6 is 0 Å². The molecule has 0 fully saturated rings. The molecular weight excluding hydrogens is 159 g/mol. The average Bonchev–Trinajstić information content (AvgIpc) is 2.08. The average molecular weight is 168 g/mol. The van der Waals surface area contributed by atoms with Crippen molar-refractivity contribution in [2.45, 2.75) is 0 Å². The molecule has 0 saturated carbocycles. The Balaban J connectivity index is 3.05. The van der Waals surface area contributed by atoms with E-state index >= 15 is 0 Å². The van der Waals surface area contributed by atoms with E-state index in [4.69, 9.17) is 11.5 Å². The van der Waals surface area contributed by atoms with Crippen LogP contribution in [0.25, 0.3) is 0 Å². The Kier molecular flexibility index (Phi) is 2.40. The summed E-state index contributed by atoms with van der Waals surface area (Å²) in [5.74, 6) is -0.773. The molecule has 64 valence electrons. The maximum absolute atomic E-state index is 12.6. The zero-order valence-corrected chi connectivity index (χ0v) is 6.38. The molecule has 0 amide bonds. The molecule has 12 heavy (non-hydrogen) atoms. The third-order valence-electron chi connectivity index (χ3n) is 1.50. The van der Waals surface area contributed by atoms with Crippen molar-refractivity contribution in [3.63, 3.8) is 0 Å². The van der Waals surface area contributed by atoms with E-state index in [0.717, 1.165) is 6.07 Å².